The molecule has 0 aromatic heterocycles. The van der Waals surface area contributed by atoms with Gasteiger partial charge in [-0.2, -0.15) is 0 Å². The highest BCUT2D eigenvalue weighted by Crippen LogP contribution is 2.29. The Labute approximate surface area is 139 Å². The summed E-state index contributed by atoms with van der Waals surface area (Å²) in [7, 11) is 1.78. The van der Waals surface area contributed by atoms with Crippen LogP contribution in [0.25, 0.3) is 0 Å². The van der Waals surface area contributed by atoms with Crippen molar-refractivity contribution in [3.8, 4) is 0 Å². The first-order chi connectivity index (χ1) is 9.38. The van der Waals surface area contributed by atoms with Crippen molar-refractivity contribution in [2.75, 3.05) is 13.7 Å². The number of ether oxygens (including phenoxy) is 1. The fourth-order valence-corrected chi connectivity index (χ4v) is 3.40. The minimum atomic E-state index is -0.0740. The van der Waals surface area contributed by atoms with E-state index in [0.717, 1.165) is 34.8 Å². The van der Waals surface area contributed by atoms with Gasteiger partial charge in [-0.25, -0.2) is 0 Å². The van der Waals surface area contributed by atoms with Crippen molar-refractivity contribution >= 4 is 31.9 Å². The zero-order chi connectivity index (χ0) is 15.2. The Morgan fingerprint density at radius 1 is 1.20 bits per heavy atom. The summed E-state index contributed by atoms with van der Waals surface area (Å²) in [4.78, 5) is 0. The van der Waals surface area contributed by atoms with Crippen molar-refractivity contribution in [2.45, 2.75) is 51.7 Å². The molecular weight excluding hydrogens is 382 g/mol. The molecule has 0 fully saturated rings. The Balaban J connectivity index is 2.82. The van der Waals surface area contributed by atoms with Gasteiger partial charge in [0.25, 0.3) is 0 Å². The van der Waals surface area contributed by atoms with Crippen molar-refractivity contribution < 1.29 is 4.74 Å². The van der Waals surface area contributed by atoms with E-state index < -0.39 is 0 Å². The van der Waals surface area contributed by atoms with E-state index in [1.807, 2.05) is 0 Å². The van der Waals surface area contributed by atoms with Crippen LogP contribution in [0, 0.1) is 0 Å². The zero-order valence-electron chi connectivity index (χ0n) is 12.8. The molecule has 0 saturated carbocycles. The van der Waals surface area contributed by atoms with E-state index in [0.29, 0.717) is 6.04 Å². The van der Waals surface area contributed by atoms with E-state index in [1.165, 1.54) is 5.56 Å². The molecular formula is C16H25Br2NO. The summed E-state index contributed by atoms with van der Waals surface area (Å²) in [5.74, 6) is 0. The van der Waals surface area contributed by atoms with Crippen LogP contribution in [0.3, 0.4) is 0 Å². The first-order valence-corrected chi connectivity index (χ1v) is 8.71. The van der Waals surface area contributed by atoms with E-state index in [1.54, 1.807) is 7.11 Å². The normalized spacial score (nSPS) is 13.5. The molecule has 1 rings (SSSR count). The van der Waals surface area contributed by atoms with Crippen molar-refractivity contribution in [1.29, 1.82) is 0 Å². The second-order valence-electron chi connectivity index (χ2n) is 5.71. The van der Waals surface area contributed by atoms with Gasteiger partial charge in [-0.05, 0) is 63.4 Å². The second-order valence-corrected chi connectivity index (χ2v) is 7.54. The highest BCUT2D eigenvalue weighted by atomic mass is 79.9. The SMILES string of the molecule is CCCNC(CCC(C)(C)OC)c1cc(Br)cc(Br)c1. The van der Waals surface area contributed by atoms with Crippen LogP contribution in [0.2, 0.25) is 0 Å². The first kappa shape index (κ1) is 18.1. The van der Waals surface area contributed by atoms with Crippen LogP contribution in [-0.2, 0) is 4.74 Å². The highest BCUT2D eigenvalue weighted by Gasteiger charge is 2.20. The third kappa shape index (κ3) is 6.25. The lowest BCUT2D eigenvalue weighted by atomic mass is 9.95. The summed E-state index contributed by atoms with van der Waals surface area (Å²) in [5.41, 5.74) is 1.24. The maximum absolute atomic E-state index is 5.53. The van der Waals surface area contributed by atoms with Crippen molar-refractivity contribution in [1.82, 2.24) is 5.32 Å². The van der Waals surface area contributed by atoms with E-state index in [4.69, 9.17) is 4.74 Å². The van der Waals surface area contributed by atoms with E-state index >= 15 is 0 Å². The van der Waals surface area contributed by atoms with Crippen molar-refractivity contribution in [3.05, 3.63) is 32.7 Å². The molecule has 0 aliphatic carbocycles. The van der Waals surface area contributed by atoms with Crippen LogP contribution in [0.1, 0.15) is 51.6 Å². The van der Waals surface area contributed by atoms with E-state index in [9.17, 15) is 0 Å². The van der Waals surface area contributed by atoms with Gasteiger partial charge in [-0.1, -0.05) is 38.8 Å². The Morgan fingerprint density at radius 2 is 1.80 bits per heavy atom. The van der Waals surface area contributed by atoms with E-state index in [2.05, 4.69) is 76.1 Å². The standard InChI is InChI=1S/C16H25Br2NO/c1-5-8-19-15(6-7-16(2,3)20-4)12-9-13(17)11-14(18)10-12/h9-11,15,19H,5-8H2,1-4H3. The monoisotopic (exact) mass is 405 g/mol. The molecule has 0 radical (unpaired) electrons. The smallest absolute Gasteiger partial charge is 0.0623 e. The molecule has 0 aliphatic rings. The molecule has 0 spiro atoms. The average Bonchev–Trinajstić information content (AvgIpc) is 2.37. The lowest BCUT2D eigenvalue weighted by Gasteiger charge is -2.27. The second kappa shape index (κ2) is 8.52. The quantitative estimate of drug-likeness (QED) is 0.618. The zero-order valence-corrected chi connectivity index (χ0v) is 16.0. The average molecular weight is 407 g/mol. The van der Waals surface area contributed by atoms with Crippen LogP contribution in [0.15, 0.2) is 27.1 Å². The molecule has 20 heavy (non-hydrogen) atoms. The molecule has 0 heterocycles. The minimum absolute atomic E-state index is 0.0740. The fourth-order valence-electron chi connectivity index (χ4n) is 2.08. The van der Waals surface area contributed by atoms with Gasteiger partial charge < -0.3 is 10.1 Å². The molecule has 1 aromatic rings. The molecule has 1 unspecified atom stereocenters. The molecule has 0 amide bonds. The van der Waals surface area contributed by atoms with E-state index in [-0.39, 0.29) is 5.60 Å². The van der Waals surface area contributed by atoms with Gasteiger partial charge in [0.05, 0.1) is 5.60 Å². The third-order valence-electron chi connectivity index (χ3n) is 3.52. The van der Waals surface area contributed by atoms with Gasteiger partial charge in [0.15, 0.2) is 0 Å². The Hall–Kier alpha value is 0.1000. The molecule has 1 aromatic carbocycles. The molecule has 4 heteroatoms. The van der Waals surface area contributed by atoms with Gasteiger partial charge in [0, 0.05) is 22.1 Å². The van der Waals surface area contributed by atoms with Gasteiger partial charge in [-0.3, -0.25) is 0 Å². The summed E-state index contributed by atoms with van der Waals surface area (Å²) in [6.45, 7) is 7.50. The number of halogens is 2. The summed E-state index contributed by atoms with van der Waals surface area (Å²) in [5, 5.41) is 3.64. The highest BCUT2D eigenvalue weighted by molar-refractivity contribution is 9.11. The van der Waals surface area contributed by atoms with Crippen molar-refractivity contribution in [2.24, 2.45) is 0 Å². The van der Waals surface area contributed by atoms with Crippen LogP contribution >= 0.6 is 31.9 Å². The van der Waals surface area contributed by atoms with Crippen LogP contribution in [0.5, 0.6) is 0 Å². The van der Waals surface area contributed by atoms with Gasteiger partial charge in [0.2, 0.25) is 0 Å². The third-order valence-corrected chi connectivity index (χ3v) is 4.43. The predicted molar refractivity (Wildman–Crippen MR) is 93.2 cm³/mol. The van der Waals surface area contributed by atoms with Gasteiger partial charge >= 0.3 is 0 Å². The molecule has 1 N–H and O–H groups in total. The summed E-state index contributed by atoms with van der Waals surface area (Å²) < 4.78 is 7.74. The lowest BCUT2D eigenvalue weighted by molar-refractivity contribution is 0.0117. The Bertz CT molecular complexity index is 401. The number of hydrogen-bond acceptors (Lipinski definition) is 2. The fraction of sp³-hybridized carbons (Fsp3) is 0.625. The first-order valence-electron chi connectivity index (χ1n) is 7.12. The molecule has 114 valence electrons. The number of benzene rings is 1. The number of rotatable bonds is 8. The summed E-state index contributed by atoms with van der Waals surface area (Å²) >= 11 is 7.14. The molecule has 2 nitrogen and oxygen atoms in total. The lowest BCUT2D eigenvalue weighted by Crippen LogP contribution is -2.28. The minimum Gasteiger partial charge on any atom is -0.379 e. The molecule has 0 saturated heterocycles. The largest absolute Gasteiger partial charge is 0.379 e. The van der Waals surface area contributed by atoms with Crippen LogP contribution in [-0.4, -0.2) is 19.3 Å². The molecule has 0 aliphatic heterocycles. The Kier molecular flexibility index (Phi) is 7.73. The summed E-state index contributed by atoms with van der Waals surface area (Å²) in [6, 6.07) is 6.81. The number of methoxy groups -OCH3 is 1. The number of hydrogen-bond donors (Lipinski definition) is 1. The van der Waals surface area contributed by atoms with Gasteiger partial charge in [-0.15, -0.1) is 0 Å². The molecule has 1 atom stereocenters. The number of nitrogens with one attached hydrogen (secondary N) is 1. The maximum atomic E-state index is 5.53. The van der Waals surface area contributed by atoms with Crippen LogP contribution in [0.4, 0.5) is 0 Å². The Morgan fingerprint density at radius 3 is 2.30 bits per heavy atom. The van der Waals surface area contributed by atoms with Gasteiger partial charge in [0.1, 0.15) is 0 Å². The molecule has 0 bridgehead atoms. The maximum Gasteiger partial charge on any atom is 0.0623 e. The topological polar surface area (TPSA) is 21.3 Å². The van der Waals surface area contributed by atoms with Crippen LogP contribution < -0.4 is 5.32 Å². The van der Waals surface area contributed by atoms with Crippen molar-refractivity contribution in [3.63, 3.8) is 0 Å². The predicted octanol–water partition coefficient (Wildman–Crippen LogP) is 5.46. The summed E-state index contributed by atoms with van der Waals surface area (Å²) in [6.07, 6.45) is 3.22.